The average Bonchev–Trinajstić information content (AvgIpc) is 3.17. The van der Waals surface area contributed by atoms with Gasteiger partial charge < -0.3 is 4.42 Å². The molecule has 0 bridgehead atoms. The van der Waals surface area contributed by atoms with E-state index in [0.29, 0.717) is 23.2 Å². The molecule has 0 aliphatic heterocycles. The van der Waals surface area contributed by atoms with Gasteiger partial charge >= 0.3 is 0 Å². The Morgan fingerprint density at radius 1 is 1.25 bits per heavy atom. The largest absolute Gasteiger partial charge is 0.463 e. The van der Waals surface area contributed by atoms with Crippen molar-refractivity contribution in [2.45, 2.75) is 11.4 Å². The number of hydrogen-bond acceptors (Lipinski definition) is 4. The van der Waals surface area contributed by atoms with E-state index in [-0.39, 0.29) is 6.54 Å². The first-order valence-corrected chi connectivity index (χ1v) is 8.36. The van der Waals surface area contributed by atoms with Crippen molar-refractivity contribution in [2.24, 2.45) is 7.05 Å². The summed E-state index contributed by atoms with van der Waals surface area (Å²) in [5.74, 6) is -1.29. The van der Waals surface area contributed by atoms with Crippen LogP contribution in [0.1, 0.15) is 5.69 Å². The van der Waals surface area contributed by atoms with Gasteiger partial charge in [-0.05, 0) is 36.4 Å². The van der Waals surface area contributed by atoms with Crippen LogP contribution >= 0.6 is 0 Å². The second-order valence-corrected chi connectivity index (χ2v) is 6.76. The number of halogens is 2. The van der Waals surface area contributed by atoms with Gasteiger partial charge in [-0.3, -0.25) is 4.68 Å². The van der Waals surface area contributed by atoms with Crippen molar-refractivity contribution in [2.75, 3.05) is 0 Å². The minimum Gasteiger partial charge on any atom is -0.463 e. The third kappa shape index (κ3) is 3.22. The Balaban J connectivity index is 1.80. The molecule has 0 aliphatic rings. The molecule has 0 amide bonds. The summed E-state index contributed by atoms with van der Waals surface area (Å²) in [6.45, 7) is -0.174. The molecule has 0 saturated heterocycles. The van der Waals surface area contributed by atoms with Gasteiger partial charge in [0, 0.05) is 7.05 Å². The number of benzene rings is 1. The second kappa shape index (κ2) is 6.17. The summed E-state index contributed by atoms with van der Waals surface area (Å²) in [7, 11) is -2.52. The fourth-order valence-electron chi connectivity index (χ4n) is 2.20. The molecule has 126 valence electrons. The van der Waals surface area contributed by atoms with E-state index in [9.17, 15) is 17.2 Å². The Hall–Kier alpha value is -2.52. The highest BCUT2D eigenvalue weighted by molar-refractivity contribution is 7.89. The summed E-state index contributed by atoms with van der Waals surface area (Å²) in [4.78, 5) is -0.746. The quantitative estimate of drug-likeness (QED) is 0.764. The van der Waals surface area contributed by atoms with Crippen LogP contribution in [0, 0.1) is 11.6 Å². The first-order valence-electron chi connectivity index (χ1n) is 6.88. The van der Waals surface area contributed by atoms with Gasteiger partial charge in [0.1, 0.15) is 22.2 Å². The highest BCUT2D eigenvalue weighted by Crippen LogP contribution is 2.21. The highest BCUT2D eigenvalue weighted by Gasteiger charge is 2.20. The van der Waals surface area contributed by atoms with Gasteiger partial charge in [0.15, 0.2) is 5.76 Å². The molecule has 2 heterocycles. The summed E-state index contributed by atoms with van der Waals surface area (Å²) in [6.07, 6.45) is 1.51. The van der Waals surface area contributed by atoms with Crippen molar-refractivity contribution in [1.29, 1.82) is 0 Å². The van der Waals surface area contributed by atoms with Gasteiger partial charge in [-0.1, -0.05) is 0 Å². The molecule has 0 fully saturated rings. The third-order valence-electron chi connectivity index (χ3n) is 3.33. The van der Waals surface area contributed by atoms with Crippen LogP contribution in [0.25, 0.3) is 11.5 Å². The third-order valence-corrected chi connectivity index (χ3v) is 4.75. The van der Waals surface area contributed by atoms with Crippen molar-refractivity contribution < 1.29 is 21.6 Å². The predicted octanol–water partition coefficient (Wildman–Crippen LogP) is 2.44. The van der Waals surface area contributed by atoms with E-state index in [1.54, 1.807) is 25.2 Å². The molecule has 0 radical (unpaired) electrons. The number of nitrogens with zero attached hydrogens (tertiary/aromatic N) is 2. The van der Waals surface area contributed by atoms with Crippen LogP contribution in [0.2, 0.25) is 0 Å². The fourth-order valence-corrected chi connectivity index (χ4v) is 3.28. The minimum atomic E-state index is -4.21. The lowest BCUT2D eigenvalue weighted by Gasteiger charge is -2.06. The number of aromatic nitrogens is 2. The van der Waals surface area contributed by atoms with E-state index >= 15 is 0 Å². The minimum absolute atomic E-state index is 0.174. The van der Waals surface area contributed by atoms with Gasteiger partial charge in [0.05, 0.1) is 18.5 Å². The van der Waals surface area contributed by atoms with E-state index in [1.165, 1.54) is 10.9 Å². The Bertz CT molecular complexity index is 966. The molecule has 9 heteroatoms. The molecule has 1 aromatic carbocycles. The van der Waals surface area contributed by atoms with E-state index < -0.39 is 26.6 Å². The zero-order valence-electron chi connectivity index (χ0n) is 12.5. The SMILES string of the molecule is Cn1nc(CNS(=O)(=O)c2cc(F)ccc2F)cc1-c1ccco1. The molecule has 1 N–H and O–H groups in total. The lowest BCUT2D eigenvalue weighted by atomic mass is 10.3. The first kappa shape index (κ1) is 16.3. The Morgan fingerprint density at radius 3 is 2.75 bits per heavy atom. The maximum Gasteiger partial charge on any atom is 0.243 e. The van der Waals surface area contributed by atoms with Crippen molar-refractivity contribution >= 4 is 10.0 Å². The normalized spacial score (nSPS) is 11.8. The van der Waals surface area contributed by atoms with Crippen molar-refractivity contribution in [3.8, 4) is 11.5 Å². The van der Waals surface area contributed by atoms with Crippen LogP contribution in [0.3, 0.4) is 0 Å². The highest BCUT2D eigenvalue weighted by atomic mass is 32.2. The molecular formula is C15H13F2N3O3S. The predicted molar refractivity (Wildman–Crippen MR) is 81.3 cm³/mol. The fraction of sp³-hybridized carbons (Fsp3) is 0.133. The topological polar surface area (TPSA) is 77.1 Å². The van der Waals surface area contributed by atoms with E-state index in [4.69, 9.17) is 4.42 Å². The molecular weight excluding hydrogens is 340 g/mol. The smallest absolute Gasteiger partial charge is 0.243 e. The first-order chi connectivity index (χ1) is 11.4. The van der Waals surface area contributed by atoms with Crippen molar-refractivity contribution in [3.05, 3.63) is 60.0 Å². The molecule has 0 aliphatic carbocycles. The van der Waals surface area contributed by atoms with Crippen LogP contribution in [-0.2, 0) is 23.6 Å². The Morgan fingerprint density at radius 2 is 2.04 bits per heavy atom. The lowest BCUT2D eigenvalue weighted by molar-refractivity contribution is 0.544. The van der Waals surface area contributed by atoms with Crippen LogP contribution in [-0.4, -0.2) is 18.2 Å². The molecule has 0 atom stereocenters. The molecule has 6 nitrogen and oxygen atoms in total. The summed E-state index contributed by atoms with van der Waals surface area (Å²) in [5, 5.41) is 4.17. The van der Waals surface area contributed by atoms with Crippen LogP contribution < -0.4 is 4.72 Å². The molecule has 2 aromatic heterocycles. The van der Waals surface area contributed by atoms with Crippen LogP contribution in [0.5, 0.6) is 0 Å². The van der Waals surface area contributed by atoms with Gasteiger partial charge in [0.2, 0.25) is 10.0 Å². The molecule has 24 heavy (non-hydrogen) atoms. The Labute approximate surface area is 136 Å². The van der Waals surface area contributed by atoms with Crippen LogP contribution in [0.15, 0.2) is 52.0 Å². The van der Waals surface area contributed by atoms with E-state index in [0.717, 1.165) is 12.1 Å². The number of furan rings is 1. The van der Waals surface area contributed by atoms with E-state index in [2.05, 4.69) is 9.82 Å². The monoisotopic (exact) mass is 353 g/mol. The zero-order chi connectivity index (χ0) is 17.3. The maximum atomic E-state index is 13.6. The number of sulfonamides is 1. The lowest BCUT2D eigenvalue weighted by Crippen LogP contribution is -2.24. The molecule has 0 unspecified atom stereocenters. The molecule has 0 spiro atoms. The summed E-state index contributed by atoms with van der Waals surface area (Å²) >= 11 is 0. The summed E-state index contributed by atoms with van der Waals surface area (Å²) in [6, 6.07) is 7.35. The number of hydrogen-bond donors (Lipinski definition) is 1. The van der Waals surface area contributed by atoms with Crippen molar-refractivity contribution in [1.82, 2.24) is 14.5 Å². The standard InChI is InChI=1S/C15H13F2N3O3S/c1-20-13(14-3-2-6-23-14)8-11(19-20)9-18-24(21,22)15-7-10(16)4-5-12(15)17/h2-8,18H,9H2,1H3. The zero-order valence-corrected chi connectivity index (χ0v) is 13.3. The second-order valence-electron chi connectivity index (χ2n) is 5.02. The van der Waals surface area contributed by atoms with Gasteiger partial charge in [-0.15, -0.1) is 0 Å². The molecule has 3 rings (SSSR count). The maximum absolute atomic E-state index is 13.6. The molecule has 0 saturated carbocycles. The number of aryl methyl sites for hydroxylation is 1. The number of nitrogens with one attached hydrogen (secondary N) is 1. The Kier molecular flexibility index (Phi) is 4.20. The van der Waals surface area contributed by atoms with Crippen LogP contribution in [0.4, 0.5) is 8.78 Å². The van der Waals surface area contributed by atoms with E-state index in [1.807, 2.05) is 0 Å². The van der Waals surface area contributed by atoms with Gasteiger partial charge in [0.25, 0.3) is 0 Å². The van der Waals surface area contributed by atoms with Gasteiger partial charge in [-0.2, -0.15) is 5.10 Å². The molecule has 3 aromatic rings. The summed E-state index contributed by atoms with van der Waals surface area (Å²) in [5.41, 5.74) is 1.07. The van der Waals surface area contributed by atoms with Gasteiger partial charge in [-0.25, -0.2) is 21.9 Å². The van der Waals surface area contributed by atoms with Crippen molar-refractivity contribution in [3.63, 3.8) is 0 Å². The number of rotatable bonds is 5. The summed E-state index contributed by atoms with van der Waals surface area (Å²) < 4.78 is 60.1. The average molecular weight is 353 g/mol.